The van der Waals surface area contributed by atoms with Crippen molar-refractivity contribution in [3.63, 3.8) is 0 Å². The number of aliphatic hydroxyl groups is 1. The first-order chi connectivity index (χ1) is 13.5. The van der Waals surface area contributed by atoms with Crippen LogP contribution in [0.2, 0.25) is 0 Å². The average Bonchev–Trinajstić information content (AvgIpc) is 3.15. The van der Waals surface area contributed by atoms with Crippen LogP contribution in [0.3, 0.4) is 0 Å². The highest BCUT2D eigenvalue weighted by Gasteiger charge is 2.19. The lowest BCUT2D eigenvalue weighted by atomic mass is 10.1. The molecule has 0 bridgehead atoms. The Kier molecular flexibility index (Phi) is 6.13. The standard InChI is InChI=1S/C20H20N2O5S/c1-26-12-7-8-17(27-2)15(9-12)22-20(25)19(24)21-10-16(23)14-11-28-18-6-4-3-5-13(14)18/h3-9,11,16,23H,10H2,1-2H3,(H,21,24)(H,22,25). The zero-order valence-corrected chi connectivity index (χ0v) is 16.2. The van der Waals surface area contributed by atoms with E-state index in [1.165, 1.54) is 25.6 Å². The summed E-state index contributed by atoms with van der Waals surface area (Å²) in [5.74, 6) is -0.819. The van der Waals surface area contributed by atoms with Crippen LogP contribution < -0.4 is 20.1 Å². The van der Waals surface area contributed by atoms with Gasteiger partial charge in [0.25, 0.3) is 0 Å². The molecule has 3 N–H and O–H groups in total. The van der Waals surface area contributed by atoms with Gasteiger partial charge in [0.1, 0.15) is 11.5 Å². The first kappa shape index (κ1) is 19.7. The Morgan fingerprint density at radius 1 is 1.11 bits per heavy atom. The van der Waals surface area contributed by atoms with Crippen molar-refractivity contribution in [3.05, 3.63) is 53.4 Å². The first-order valence-electron chi connectivity index (χ1n) is 8.49. The minimum atomic E-state index is -0.917. The maximum Gasteiger partial charge on any atom is 0.313 e. The number of carbonyl (C=O) groups is 2. The molecule has 7 nitrogen and oxygen atoms in total. The van der Waals surface area contributed by atoms with Crippen LogP contribution in [0.5, 0.6) is 11.5 Å². The largest absolute Gasteiger partial charge is 0.497 e. The molecule has 0 radical (unpaired) electrons. The molecule has 28 heavy (non-hydrogen) atoms. The summed E-state index contributed by atoms with van der Waals surface area (Å²) in [4.78, 5) is 24.3. The van der Waals surface area contributed by atoms with E-state index in [0.717, 1.165) is 15.6 Å². The number of rotatable bonds is 6. The van der Waals surface area contributed by atoms with Gasteiger partial charge in [0.2, 0.25) is 0 Å². The number of anilines is 1. The zero-order chi connectivity index (χ0) is 20.1. The smallest absolute Gasteiger partial charge is 0.313 e. The third-order valence-corrected chi connectivity index (χ3v) is 5.17. The van der Waals surface area contributed by atoms with Gasteiger partial charge in [-0.1, -0.05) is 18.2 Å². The molecule has 8 heteroatoms. The topological polar surface area (TPSA) is 96.9 Å². The van der Waals surface area contributed by atoms with E-state index in [-0.39, 0.29) is 6.54 Å². The highest BCUT2D eigenvalue weighted by Crippen LogP contribution is 2.30. The second-order valence-corrected chi connectivity index (χ2v) is 6.84. The molecule has 0 fully saturated rings. The maximum absolute atomic E-state index is 12.2. The predicted molar refractivity (Wildman–Crippen MR) is 108 cm³/mol. The summed E-state index contributed by atoms with van der Waals surface area (Å²) in [6.07, 6.45) is -0.917. The molecular formula is C20H20N2O5S. The number of fused-ring (bicyclic) bond motifs is 1. The third-order valence-electron chi connectivity index (χ3n) is 4.19. The van der Waals surface area contributed by atoms with Crippen molar-refractivity contribution in [1.82, 2.24) is 5.32 Å². The van der Waals surface area contributed by atoms with Crippen molar-refractivity contribution in [2.45, 2.75) is 6.10 Å². The number of methoxy groups -OCH3 is 2. The van der Waals surface area contributed by atoms with E-state index in [9.17, 15) is 14.7 Å². The quantitative estimate of drug-likeness (QED) is 0.553. The minimum Gasteiger partial charge on any atom is -0.497 e. The zero-order valence-electron chi connectivity index (χ0n) is 15.4. The number of amides is 2. The second kappa shape index (κ2) is 8.73. The fourth-order valence-electron chi connectivity index (χ4n) is 2.73. The second-order valence-electron chi connectivity index (χ2n) is 5.93. The number of hydrogen-bond acceptors (Lipinski definition) is 6. The Bertz CT molecular complexity index is 1000. The van der Waals surface area contributed by atoms with Crippen LogP contribution in [0.25, 0.3) is 10.1 Å². The summed E-state index contributed by atoms with van der Waals surface area (Å²) in [6, 6.07) is 12.5. The molecule has 2 amide bonds. The molecule has 2 aromatic carbocycles. The fraction of sp³-hybridized carbons (Fsp3) is 0.200. The van der Waals surface area contributed by atoms with Gasteiger partial charge in [0, 0.05) is 22.9 Å². The SMILES string of the molecule is COc1ccc(OC)c(NC(=O)C(=O)NCC(O)c2csc3ccccc23)c1. The molecule has 1 heterocycles. The fourth-order valence-corrected chi connectivity index (χ4v) is 3.73. The van der Waals surface area contributed by atoms with E-state index in [2.05, 4.69) is 10.6 Å². The van der Waals surface area contributed by atoms with Crippen LogP contribution in [0.1, 0.15) is 11.7 Å². The van der Waals surface area contributed by atoms with Gasteiger partial charge in [0.05, 0.1) is 26.0 Å². The van der Waals surface area contributed by atoms with Crippen LogP contribution in [-0.2, 0) is 9.59 Å². The van der Waals surface area contributed by atoms with Crippen LogP contribution in [0.4, 0.5) is 5.69 Å². The number of nitrogens with one attached hydrogen (secondary N) is 2. The van der Waals surface area contributed by atoms with Gasteiger partial charge in [-0.2, -0.15) is 0 Å². The van der Waals surface area contributed by atoms with Crippen molar-refractivity contribution >= 4 is 38.9 Å². The Morgan fingerprint density at radius 3 is 2.64 bits per heavy atom. The number of thiophene rings is 1. The van der Waals surface area contributed by atoms with E-state index in [4.69, 9.17) is 9.47 Å². The number of carbonyl (C=O) groups excluding carboxylic acids is 2. The van der Waals surface area contributed by atoms with E-state index < -0.39 is 17.9 Å². The van der Waals surface area contributed by atoms with Gasteiger partial charge in [-0.05, 0) is 29.0 Å². The maximum atomic E-state index is 12.2. The molecule has 0 aliphatic rings. The molecule has 3 aromatic rings. The van der Waals surface area contributed by atoms with Crippen LogP contribution in [0.15, 0.2) is 47.8 Å². The van der Waals surface area contributed by atoms with Crippen molar-refractivity contribution in [2.75, 3.05) is 26.1 Å². The summed E-state index contributed by atoms with van der Waals surface area (Å²) in [6.45, 7) is -0.0811. The Morgan fingerprint density at radius 2 is 1.89 bits per heavy atom. The van der Waals surface area contributed by atoms with Gasteiger partial charge in [-0.25, -0.2) is 0 Å². The van der Waals surface area contributed by atoms with Crippen LogP contribution >= 0.6 is 11.3 Å². The number of ether oxygens (including phenoxy) is 2. The minimum absolute atomic E-state index is 0.0811. The monoisotopic (exact) mass is 400 g/mol. The molecule has 1 unspecified atom stereocenters. The predicted octanol–water partition coefficient (Wildman–Crippen LogP) is 2.71. The highest BCUT2D eigenvalue weighted by molar-refractivity contribution is 7.17. The summed E-state index contributed by atoms with van der Waals surface area (Å²) < 4.78 is 11.3. The summed E-state index contributed by atoms with van der Waals surface area (Å²) in [7, 11) is 2.95. The van der Waals surface area contributed by atoms with Crippen molar-refractivity contribution in [2.24, 2.45) is 0 Å². The molecule has 1 atom stereocenters. The molecule has 0 aliphatic carbocycles. The Labute approximate surface area is 165 Å². The van der Waals surface area contributed by atoms with Gasteiger partial charge >= 0.3 is 11.8 Å². The lowest BCUT2D eigenvalue weighted by Crippen LogP contribution is -2.37. The summed E-state index contributed by atoms with van der Waals surface area (Å²) in [5.41, 5.74) is 1.03. The van der Waals surface area contributed by atoms with E-state index >= 15 is 0 Å². The number of aliphatic hydroxyl groups excluding tert-OH is 1. The molecule has 0 saturated heterocycles. The van der Waals surface area contributed by atoms with Crippen molar-refractivity contribution in [1.29, 1.82) is 0 Å². The molecule has 0 aliphatic heterocycles. The average molecular weight is 400 g/mol. The van der Waals surface area contributed by atoms with Gasteiger partial charge in [0.15, 0.2) is 0 Å². The van der Waals surface area contributed by atoms with E-state index in [1.54, 1.807) is 18.2 Å². The molecule has 3 rings (SSSR count). The summed E-state index contributed by atoms with van der Waals surface area (Å²) >= 11 is 1.51. The molecule has 0 spiro atoms. The molecule has 1 aromatic heterocycles. The summed E-state index contributed by atoms with van der Waals surface area (Å²) in [5, 5.41) is 18.1. The van der Waals surface area contributed by atoms with Gasteiger partial charge in [-0.3, -0.25) is 9.59 Å². The Balaban J connectivity index is 1.62. The number of hydrogen-bond donors (Lipinski definition) is 3. The lowest BCUT2D eigenvalue weighted by Gasteiger charge is -2.13. The van der Waals surface area contributed by atoms with E-state index in [0.29, 0.717) is 17.2 Å². The lowest BCUT2D eigenvalue weighted by molar-refractivity contribution is -0.136. The van der Waals surface area contributed by atoms with Crippen LogP contribution in [0, 0.1) is 0 Å². The van der Waals surface area contributed by atoms with Crippen LogP contribution in [-0.4, -0.2) is 37.7 Å². The number of benzene rings is 2. The first-order valence-corrected chi connectivity index (χ1v) is 9.37. The van der Waals surface area contributed by atoms with Gasteiger partial charge < -0.3 is 25.2 Å². The van der Waals surface area contributed by atoms with Crippen molar-refractivity contribution in [3.8, 4) is 11.5 Å². The van der Waals surface area contributed by atoms with Gasteiger partial charge in [-0.15, -0.1) is 11.3 Å². The molecule has 146 valence electrons. The highest BCUT2D eigenvalue weighted by atomic mass is 32.1. The Hall–Kier alpha value is -3.10. The third kappa shape index (κ3) is 4.24. The van der Waals surface area contributed by atoms with E-state index in [1.807, 2.05) is 29.6 Å². The molecule has 0 saturated carbocycles. The van der Waals surface area contributed by atoms with Crippen molar-refractivity contribution < 1.29 is 24.2 Å². The molecular weight excluding hydrogens is 380 g/mol. The normalized spacial score (nSPS) is 11.7.